The molecule has 0 N–H and O–H groups in total. The van der Waals surface area contributed by atoms with Crippen molar-refractivity contribution in [2.24, 2.45) is 0 Å². The number of ether oxygens (including phenoxy) is 2. The van der Waals surface area contributed by atoms with Crippen LogP contribution in [0.1, 0.15) is 25.0 Å². The highest BCUT2D eigenvalue weighted by molar-refractivity contribution is 6.46. The second-order valence-corrected chi connectivity index (χ2v) is 7.77. The van der Waals surface area contributed by atoms with Gasteiger partial charge < -0.3 is 14.4 Å². The molecule has 1 aliphatic heterocycles. The average Bonchev–Trinajstić information content (AvgIpc) is 3.13. The zero-order valence-corrected chi connectivity index (χ0v) is 19.7. The average molecular weight is 457 g/mol. The maximum atomic E-state index is 14.0. The lowest BCUT2D eigenvalue weighted by atomic mass is 10.0. The molecular formula is C28H28N2O4. The van der Waals surface area contributed by atoms with Gasteiger partial charge in [-0.2, -0.15) is 0 Å². The maximum absolute atomic E-state index is 14.0. The first kappa shape index (κ1) is 23.1. The zero-order valence-electron chi connectivity index (χ0n) is 19.7. The summed E-state index contributed by atoms with van der Waals surface area (Å²) in [6.07, 6.45) is 0. The van der Waals surface area contributed by atoms with Crippen LogP contribution in [0.3, 0.4) is 0 Å². The van der Waals surface area contributed by atoms with Gasteiger partial charge in [-0.3, -0.25) is 9.59 Å². The summed E-state index contributed by atoms with van der Waals surface area (Å²) in [5, 5.41) is 0. The molecule has 0 saturated heterocycles. The van der Waals surface area contributed by atoms with Crippen molar-refractivity contribution in [1.29, 1.82) is 0 Å². The molecule has 0 unspecified atom stereocenters. The minimum Gasteiger partial charge on any atom is -0.496 e. The van der Waals surface area contributed by atoms with Crippen molar-refractivity contribution >= 4 is 23.1 Å². The second kappa shape index (κ2) is 10.3. The van der Waals surface area contributed by atoms with Crippen LogP contribution in [0, 0.1) is 0 Å². The van der Waals surface area contributed by atoms with Gasteiger partial charge in [0, 0.05) is 18.7 Å². The van der Waals surface area contributed by atoms with E-state index in [2.05, 4.69) is 0 Å². The van der Waals surface area contributed by atoms with E-state index in [9.17, 15) is 9.59 Å². The normalized spacial score (nSPS) is 13.4. The van der Waals surface area contributed by atoms with E-state index < -0.39 is 5.91 Å². The van der Waals surface area contributed by atoms with Gasteiger partial charge in [0.1, 0.15) is 17.2 Å². The third-order valence-corrected chi connectivity index (χ3v) is 5.76. The summed E-state index contributed by atoms with van der Waals surface area (Å²) in [6.45, 7) is 5.30. The summed E-state index contributed by atoms with van der Waals surface area (Å²) in [5.74, 6) is 0.240. The Morgan fingerprint density at radius 2 is 1.44 bits per heavy atom. The number of rotatable bonds is 9. The molecule has 174 valence electrons. The Hall–Kier alpha value is -4.06. The SMILES string of the molecule is CCOc1ccccc1N1C(=O)C(c2ccccc2OC)=C(N(CC)Cc2ccccc2)C1=O. The van der Waals surface area contributed by atoms with Gasteiger partial charge in [0.05, 0.1) is 25.0 Å². The third kappa shape index (κ3) is 4.27. The van der Waals surface area contributed by atoms with Gasteiger partial charge in [-0.1, -0.05) is 60.7 Å². The smallest absolute Gasteiger partial charge is 0.282 e. The van der Waals surface area contributed by atoms with E-state index in [0.717, 1.165) is 5.56 Å². The standard InChI is InChI=1S/C28H28N2O4/c1-4-29(19-20-13-7-6-8-14-20)26-25(21-15-9-11-17-23(21)33-3)27(31)30(28(26)32)22-16-10-12-18-24(22)34-5-2/h6-18H,4-5,19H2,1-3H3. The van der Waals surface area contributed by atoms with Crippen molar-refractivity contribution in [1.82, 2.24) is 4.90 Å². The van der Waals surface area contributed by atoms with Gasteiger partial charge in [-0.25, -0.2) is 4.90 Å². The minimum absolute atomic E-state index is 0.325. The van der Waals surface area contributed by atoms with Crippen LogP contribution in [0.4, 0.5) is 5.69 Å². The summed E-state index contributed by atoms with van der Waals surface area (Å²) in [4.78, 5) is 31.1. The summed E-state index contributed by atoms with van der Waals surface area (Å²) in [7, 11) is 1.56. The Morgan fingerprint density at radius 1 is 0.794 bits per heavy atom. The number of likely N-dealkylation sites (N-methyl/N-ethyl adjacent to an activating group) is 1. The summed E-state index contributed by atoms with van der Waals surface area (Å²) < 4.78 is 11.3. The molecule has 0 aliphatic carbocycles. The number of hydrogen-bond acceptors (Lipinski definition) is 5. The van der Waals surface area contributed by atoms with Crippen molar-refractivity contribution in [3.05, 3.63) is 95.7 Å². The van der Waals surface area contributed by atoms with E-state index in [1.54, 1.807) is 31.4 Å². The van der Waals surface area contributed by atoms with Crippen LogP contribution in [0.5, 0.6) is 11.5 Å². The lowest BCUT2D eigenvalue weighted by Crippen LogP contribution is -2.35. The molecule has 2 amide bonds. The van der Waals surface area contributed by atoms with E-state index >= 15 is 0 Å². The molecule has 3 aromatic carbocycles. The van der Waals surface area contributed by atoms with Crippen LogP contribution in [-0.4, -0.2) is 37.0 Å². The number of imide groups is 1. The van der Waals surface area contributed by atoms with Gasteiger partial charge in [-0.05, 0) is 37.6 Å². The maximum Gasteiger partial charge on any atom is 0.282 e. The number of carbonyl (C=O) groups is 2. The Bertz CT molecular complexity index is 1220. The lowest BCUT2D eigenvalue weighted by Gasteiger charge is -2.25. The molecule has 0 bridgehead atoms. The number of para-hydroxylation sites is 3. The molecule has 1 aliphatic rings. The van der Waals surface area contributed by atoms with Crippen LogP contribution >= 0.6 is 0 Å². The fourth-order valence-corrected chi connectivity index (χ4v) is 4.20. The number of carbonyl (C=O) groups excluding carboxylic acids is 2. The highest BCUT2D eigenvalue weighted by Gasteiger charge is 2.44. The van der Waals surface area contributed by atoms with Crippen LogP contribution < -0.4 is 14.4 Å². The predicted octanol–water partition coefficient (Wildman–Crippen LogP) is 4.90. The third-order valence-electron chi connectivity index (χ3n) is 5.76. The molecule has 1 heterocycles. The highest BCUT2D eigenvalue weighted by atomic mass is 16.5. The number of benzene rings is 3. The molecule has 0 saturated carbocycles. The first-order chi connectivity index (χ1) is 16.6. The van der Waals surface area contributed by atoms with Gasteiger partial charge in [0.2, 0.25) is 0 Å². The molecule has 0 fully saturated rings. The van der Waals surface area contributed by atoms with Crippen molar-refractivity contribution in [3.63, 3.8) is 0 Å². The largest absolute Gasteiger partial charge is 0.496 e. The fraction of sp³-hybridized carbons (Fsp3) is 0.214. The van der Waals surface area contributed by atoms with Crippen molar-refractivity contribution in [2.45, 2.75) is 20.4 Å². The molecular weight excluding hydrogens is 428 g/mol. The molecule has 0 spiro atoms. The quantitative estimate of drug-likeness (QED) is 0.429. The summed E-state index contributed by atoms with van der Waals surface area (Å²) in [5.41, 5.74) is 2.74. The van der Waals surface area contributed by atoms with E-state index in [0.29, 0.717) is 53.7 Å². The molecule has 3 aromatic rings. The minimum atomic E-state index is -0.400. The highest BCUT2D eigenvalue weighted by Crippen LogP contribution is 2.41. The van der Waals surface area contributed by atoms with E-state index in [-0.39, 0.29) is 5.91 Å². The lowest BCUT2D eigenvalue weighted by molar-refractivity contribution is -0.120. The van der Waals surface area contributed by atoms with Crippen molar-refractivity contribution < 1.29 is 19.1 Å². The van der Waals surface area contributed by atoms with E-state index in [4.69, 9.17) is 9.47 Å². The monoisotopic (exact) mass is 456 g/mol. The first-order valence-electron chi connectivity index (χ1n) is 11.4. The van der Waals surface area contributed by atoms with Crippen LogP contribution in [0.2, 0.25) is 0 Å². The number of nitrogens with zero attached hydrogens (tertiary/aromatic N) is 2. The van der Waals surface area contributed by atoms with Gasteiger partial charge in [0.15, 0.2) is 0 Å². The number of hydrogen-bond donors (Lipinski definition) is 0. The molecule has 0 radical (unpaired) electrons. The topological polar surface area (TPSA) is 59.1 Å². The Labute approximate surface area is 200 Å². The molecule has 6 nitrogen and oxygen atoms in total. The van der Waals surface area contributed by atoms with Crippen LogP contribution in [0.25, 0.3) is 5.57 Å². The zero-order chi connectivity index (χ0) is 24.1. The Morgan fingerprint density at radius 3 is 2.12 bits per heavy atom. The Kier molecular flexibility index (Phi) is 6.97. The molecule has 0 atom stereocenters. The molecule has 4 rings (SSSR count). The summed E-state index contributed by atoms with van der Waals surface area (Å²) in [6, 6.07) is 24.3. The number of anilines is 1. The van der Waals surface area contributed by atoms with Gasteiger partial charge >= 0.3 is 0 Å². The first-order valence-corrected chi connectivity index (χ1v) is 11.4. The molecule has 34 heavy (non-hydrogen) atoms. The second-order valence-electron chi connectivity index (χ2n) is 7.77. The molecule has 0 aromatic heterocycles. The Balaban J connectivity index is 1.88. The van der Waals surface area contributed by atoms with E-state index in [1.807, 2.05) is 73.3 Å². The van der Waals surface area contributed by atoms with Crippen molar-refractivity contribution in [3.8, 4) is 11.5 Å². The molecule has 6 heteroatoms. The van der Waals surface area contributed by atoms with Crippen LogP contribution in [-0.2, 0) is 16.1 Å². The van der Waals surface area contributed by atoms with Crippen molar-refractivity contribution in [2.75, 3.05) is 25.2 Å². The van der Waals surface area contributed by atoms with E-state index in [1.165, 1.54) is 4.90 Å². The number of methoxy groups -OCH3 is 1. The number of amides is 2. The van der Waals surface area contributed by atoms with Gasteiger partial charge in [-0.15, -0.1) is 0 Å². The van der Waals surface area contributed by atoms with Gasteiger partial charge in [0.25, 0.3) is 11.8 Å². The summed E-state index contributed by atoms with van der Waals surface area (Å²) >= 11 is 0. The van der Waals surface area contributed by atoms with Crippen LogP contribution in [0.15, 0.2) is 84.6 Å². The fourth-order valence-electron chi connectivity index (χ4n) is 4.20. The predicted molar refractivity (Wildman–Crippen MR) is 133 cm³/mol.